The first kappa shape index (κ1) is 19.9. The highest BCUT2D eigenvalue weighted by Gasteiger charge is 2.16. The zero-order valence-corrected chi connectivity index (χ0v) is 16.3. The van der Waals surface area contributed by atoms with Crippen molar-refractivity contribution in [2.24, 2.45) is 22.6 Å². The average Bonchev–Trinajstić information content (AvgIpc) is 2.49. The number of nitrogens with zero attached hydrogens (tertiary/aromatic N) is 1. The second kappa shape index (κ2) is 10.6. The lowest BCUT2D eigenvalue weighted by Gasteiger charge is -2.25. The van der Waals surface area contributed by atoms with Gasteiger partial charge >= 0.3 is 0 Å². The number of aliphatic imine (C=N–C) groups is 1. The highest BCUT2D eigenvalue weighted by atomic mass is 127. The van der Waals surface area contributed by atoms with Gasteiger partial charge in [0.05, 0.1) is 13.7 Å². The van der Waals surface area contributed by atoms with Gasteiger partial charge in [0, 0.05) is 19.0 Å². The fourth-order valence-electron chi connectivity index (χ4n) is 2.28. The van der Waals surface area contributed by atoms with Crippen LogP contribution in [0.25, 0.3) is 0 Å². The van der Waals surface area contributed by atoms with Crippen molar-refractivity contribution in [1.29, 1.82) is 0 Å². The van der Waals surface area contributed by atoms with Crippen molar-refractivity contribution in [1.82, 2.24) is 5.32 Å². The molecule has 0 bridgehead atoms. The van der Waals surface area contributed by atoms with E-state index in [0.29, 0.717) is 19.1 Å². The van der Waals surface area contributed by atoms with Crippen LogP contribution in [0.5, 0.6) is 11.5 Å². The third-order valence-electron chi connectivity index (χ3n) is 3.96. The monoisotopic (exact) mass is 433 g/mol. The van der Waals surface area contributed by atoms with E-state index in [1.165, 1.54) is 19.3 Å². The second-order valence-electron chi connectivity index (χ2n) is 5.97. The van der Waals surface area contributed by atoms with E-state index in [0.717, 1.165) is 24.0 Å². The number of nitrogens with one attached hydrogen (secondary N) is 1. The van der Waals surface area contributed by atoms with Crippen LogP contribution in [0, 0.1) is 11.8 Å². The molecular formula is C17H28IN3O2. The van der Waals surface area contributed by atoms with E-state index in [1.54, 1.807) is 7.11 Å². The van der Waals surface area contributed by atoms with Crippen molar-refractivity contribution in [2.45, 2.75) is 26.2 Å². The third-order valence-corrected chi connectivity index (χ3v) is 3.96. The number of ether oxygens (including phenoxy) is 2. The van der Waals surface area contributed by atoms with Crippen LogP contribution in [0.1, 0.15) is 26.2 Å². The Hall–Kier alpha value is -1.18. The van der Waals surface area contributed by atoms with Crippen LogP contribution in [-0.4, -0.2) is 32.8 Å². The van der Waals surface area contributed by atoms with Gasteiger partial charge in [-0.05, 0) is 30.9 Å². The number of nitrogens with two attached hydrogens (primary N) is 1. The summed E-state index contributed by atoms with van der Waals surface area (Å²) in [5.41, 5.74) is 5.88. The number of methoxy groups -OCH3 is 1. The van der Waals surface area contributed by atoms with Crippen LogP contribution in [0.3, 0.4) is 0 Å². The van der Waals surface area contributed by atoms with E-state index < -0.39 is 0 Å². The molecule has 1 fully saturated rings. The molecule has 0 heterocycles. The summed E-state index contributed by atoms with van der Waals surface area (Å²) in [5, 5.41) is 3.20. The van der Waals surface area contributed by atoms with E-state index in [-0.39, 0.29) is 29.9 Å². The average molecular weight is 433 g/mol. The molecule has 0 saturated heterocycles. The van der Waals surface area contributed by atoms with Crippen LogP contribution in [0.4, 0.5) is 0 Å². The zero-order valence-electron chi connectivity index (χ0n) is 14.0. The standard InChI is InChI=1S/C17H27N3O2.HI/c1-13(10-19-17(18)20-11-14-6-5-7-14)12-22-16-9-4-3-8-15(16)21-2;/h3-4,8-9,13-14H,5-7,10-12H2,1-2H3,(H3,18,19,20);1H. The van der Waals surface area contributed by atoms with Gasteiger partial charge in [-0.15, -0.1) is 24.0 Å². The van der Waals surface area contributed by atoms with Gasteiger partial charge < -0.3 is 20.5 Å². The lowest BCUT2D eigenvalue weighted by atomic mass is 9.85. The Morgan fingerprint density at radius 3 is 2.65 bits per heavy atom. The van der Waals surface area contributed by atoms with Crippen LogP contribution in [0.2, 0.25) is 0 Å². The Bertz CT molecular complexity index is 492. The van der Waals surface area contributed by atoms with E-state index in [9.17, 15) is 0 Å². The third kappa shape index (κ3) is 6.85. The van der Waals surface area contributed by atoms with Crippen LogP contribution in [-0.2, 0) is 0 Å². The van der Waals surface area contributed by atoms with E-state index in [1.807, 2.05) is 24.3 Å². The fourth-order valence-corrected chi connectivity index (χ4v) is 2.28. The largest absolute Gasteiger partial charge is 0.493 e. The molecule has 1 aliphatic carbocycles. The number of hydrogen-bond donors (Lipinski definition) is 2. The molecule has 1 unspecified atom stereocenters. The molecule has 6 heteroatoms. The molecule has 0 amide bonds. The maximum atomic E-state index is 5.88. The number of guanidine groups is 1. The fraction of sp³-hybridized carbons (Fsp3) is 0.588. The molecule has 1 atom stereocenters. The second-order valence-corrected chi connectivity index (χ2v) is 5.97. The van der Waals surface area contributed by atoms with E-state index in [4.69, 9.17) is 15.2 Å². The van der Waals surface area contributed by atoms with Crippen molar-refractivity contribution in [3.63, 3.8) is 0 Å². The van der Waals surface area contributed by atoms with Gasteiger partial charge in [-0.25, -0.2) is 0 Å². The Kier molecular flexibility index (Phi) is 9.13. The predicted octanol–water partition coefficient (Wildman–Crippen LogP) is 3.03. The van der Waals surface area contributed by atoms with E-state index in [2.05, 4.69) is 17.2 Å². The van der Waals surface area contributed by atoms with Crippen LogP contribution < -0.4 is 20.5 Å². The number of rotatable bonds is 8. The van der Waals surface area contributed by atoms with Crippen molar-refractivity contribution in [3.05, 3.63) is 24.3 Å². The molecule has 3 N–H and O–H groups in total. The van der Waals surface area contributed by atoms with E-state index >= 15 is 0 Å². The highest BCUT2D eigenvalue weighted by Crippen LogP contribution is 2.26. The SMILES string of the molecule is COc1ccccc1OCC(C)CN=C(N)NCC1CCC1.I. The van der Waals surface area contributed by atoms with Crippen molar-refractivity contribution >= 4 is 29.9 Å². The quantitative estimate of drug-likeness (QED) is 0.376. The summed E-state index contributed by atoms with van der Waals surface area (Å²) in [5.74, 6) is 3.11. The summed E-state index contributed by atoms with van der Waals surface area (Å²) in [6, 6.07) is 7.65. The lowest BCUT2D eigenvalue weighted by Crippen LogP contribution is -2.37. The van der Waals surface area contributed by atoms with Crippen molar-refractivity contribution in [2.75, 3.05) is 26.8 Å². The molecule has 1 aliphatic rings. The number of halogens is 1. The van der Waals surface area contributed by atoms with Crippen LogP contribution in [0.15, 0.2) is 29.3 Å². The molecule has 0 aliphatic heterocycles. The molecule has 1 aromatic carbocycles. The molecule has 0 aromatic heterocycles. The first-order valence-corrected chi connectivity index (χ1v) is 7.98. The normalized spacial score (nSPS) is 16.0. The van der Waals surface area contributed by atoms with Gasteiger partial charge in [0.15, 0.2) is 17.5 Å². The topological polar surface area (TPSA) is 68.9 Å². The van der Waals surface area contributed by atoms with Gasteiger partial charge in [0.2, 0.25) is 0 Å². The Labute approximate surface area is 156 Å². The Morgan fingerprint density at radius 1 is 1.35 bits per heavy atom. The maximum Gasteiger partial charge on any atom is 0.188 e. The van der Waals surface area contributed by atoms with Crippen LogP contribution >= 0.6 is 24.0 Å². The van der Waals surface area contributed by atoms with Crippen molar-refractivity contribution < 1.29 is 9.47 Å². The molecule has 1 aromatic rings. The number of hydrogen-bond acceptors (Lipinski definition) is 3. The molecule has 2 rings (SSSR count). The molecule has 130 valence electrons. The summed E-state index contributed by atoms with van der Waals surface area (Å²) >= 11 is 0. The van der Waals surface area contributed by atoms with Gasteiger partial charge in [-0.1, -0.05) is 25.5 Å². The maximum absolute atomic E-state index is 5.88. The summed E-state index contributed by atoms with van der Waals surface area (Å²) in [4.78, 5) is 4.38. The first-order valence-electron chi connectivity index (χ1n) is 7.98. The van der Waals surface area contributed by atoms with Gasteiger partial charge in [0.25, 0.3) is 0 Å². The highest BCUT2D eigenvalue weighted by molar-refractivity contribution is 14.0. The minimum absolute atomic E-state index is 0. The predicted molar refractivity (Wildman–Crippen MR) is 105 cm³/mol. The molecule has 23 heavy (non-hydrogen) atoms. The number of para-hydroxylation sites is 2. The van der Waals surface area contributed by atoms with Gasteiger partial charge in [0.1, 0.15) is 0 Å². The smallest absolute Gasteiger partial charge is 0.188 e. The summed E-state index contributed by atoms with van der Waals surface area (Å²) in [6.07, 6.45) is 3.97. The van der Waals surface area contributed by atoms with Gasteiger partial charge in [-0.2, -0.15) is 0 Å². The van der Waals surface area contributed by atoms with Crippen molar-refractivity contribution in [3.8, 4) is 11.5 Å². The first-order chi connectivity index (χ1) is 10.7. The Balaban J connectivity index is 0.00000264. The molecule has 0 spiro atoms. The number of benzene rings is 1. The zero-order chi connectivity index (χ0) is 15.8. The summed E-state index contributed by atoms with van der Waals surface area (Å²) in [6.45, 7) is 4.28. The summed E-state index contributed by atoms with van der Waals surface area (Å²) in [7, 11) is 1.64. The molecular weight excluding hydrogens is 405 g/mol. The Morgan fingerprint density at radius 2 is 2.04 bits per heavy atom. The molecule has 0 radical (unpaired) electrons. The molecule has 1 saturated carbocycles. The summed E-state index contributed by atoms with van der Waals surface area (Å²) < 4.78 is 11.1. The minimum atomic E-state index is 0. The molecule has 5 nitrogen and oxygen atoms in total. The van der Waals surface area contributed by atoms with Gasteiger partial charge in [-0.3, -0.25) is 4.99 Å². The minimum Gasteiger partial charge on any atom is -0.493 e. The lowest BCUT2D eigenvalue weighted by molar-refractivity contribution is 0.251.